The highest BCUT2D eigenvalue weighted by atomic mass is 35.5. The molecular weight excluding hydrogens is 472 g/mol. The van der Waals surface area contributed by atoms with Gasteiger partial charge >= 0.3 is 11.9 Å². The molecule has 0 atom stereocenters. The lowest BCUT2D eigenvalue weighted by molar-refractivity contribution is -0.129. The van der Waals surface area contributed by atoms with Crippen LogP contribution in [0.3, 0.4) is 0 Å². The van der Waals surface area contributed by atoms with Gasteiger partial charge in [0.25, 0.3) is 0 Å². The summed E-state index contributed by atoms with van der Waals surface area (Å²) in [5, 5.41) is 0.272. The maximum Gasteiger partial charge on any atom is 0.363 e. The van der Waals surface area contributed by atoms with Gasteiger partial charge in [-0.25, -0.2) is 19.0 Å². The first-order valence-corrected chi connectivity index (χ1v) is 10.2. The Labute approximate surface area is 197 Å². The van der Waals surface area contributed by atoms with Gasteiger partial charge in [-0.3, -0.25) is 0 Å². The van der Waals surface area contributed by atoms with Crippen molar-refractivity contribution in [1.29, 1.82) is 0 Å². The highest BCUT2D eigenvalue weighted by molar-refractivity contribution is 6.34. The maximum atomic E-state index is 14.0. The van der Waals surface area contributed by atoms with Crippen LogP contribution in [0.4, 0.5) is 4.39 Å². The van der Waals surface area contributed by atoms with E-state index in [-0.39, 0.29) is 44.3 Å². The van der Waals surface area contributed by atoms with Crippen LogP contribution in [-0.4, -0.2) is 24.9 Å². The first-order valence-electron chi connectivity index (χ1n) is 9.49. The molecule has 166 valence electrons. The van der Waals surface area contributed by atoms with E-state index in [0.29, 0.717) is 5.56 Å². The number of halogens is 3. The quantitative estimate of drug-likeness (QED) is 0.263. The summed E-state index contributed by atoms with van der Waals surface area (Å²) in [6, 6.07) is 15.2. The monoisotopic (exact) mass is 485 g/mol. The van der Waals surface area contributed by atoms with Crippen LogP contribution in [0.15, 0.2) is 71.4 Å². The number of hydrogen-bond acceptors (Lipinski definition) is 6. The molecule has 1 heterocycles. The molecule has 1 aliphatic rings. The van der Waals surface area contributed by atoms with E-state index < -0.39 is 17.8 Å². The van der Waals surface area contributed by atoms with Crippen LogP contribution in [-0.2, 0) is 9.53 Å². The molecule has 1 aliphatic heterocycles. The van der Waals surface area contributed by atoms with Crippen LogP contribution in [0, 0.1) is 5.82 Å². The number of esters is 2. The van der Waals surface area contributed by atoms with Gasteiger partial charge < -0.3 is 14.2 Å². The highest BCUT2D eigenvalue weighted by Crippen LogP contribution is 2.38. The average Bonchev–Trinajstić information content (AvgIpc) is 3.15. The lowest BCUT2D eigenvalue weighted by atomic mass is 10.1. The zero-order valence-electron chi connectivity index (χ0n) is 17.0. The van der Waals surface area contributed by atoms with Crippen molar-refractivity contribution in [3.8, 4) is 11.5 Å². The predicted octanol–water partition coefficient (Wildman–Crippen LogP) is 5.70. The van der Waals surface area contributed by atoms with E-state index >= 15 is 0 Å². The fourth-order valence-corrected chi connectivity index (χ4v) is 3.48. The van der Waals surface area contributed by atoms with E-state index in [9.17, 15) is 14.0 Å². The molecular formula is C24H14Cl2FNO5. The van der Waals surface area contributed by atoms with Crippen LogP contribution >= 0.6 is 23.2 Å². The number of nitrogens with zero attached hydrogens (tertiary/aromatic N) is 1. The number of cyclic esters (lactones) is 1. The minimum atomic E-state index is -0.752. The lowest BCUT2D eigenvalue weighted by Crippen LogP contribution is -2.10. The Morgan fingerprint density at radius 1 is 1.06 bits per heavy atom. The van der Waals surface area contributed by atoms with Gasteiger partial charge in [-0.2, -0.15) is 0 Å². The van der Waals surface area contributed by atoms with E-state index in [4.69, 9.17) is 37.4 Å². The highest BCUT2D eigenvalue weighted by Gasteiger charge is 2.26. The number of hydrogen-bond donors (Lipinski definition) is 0. The summed E-state index contributed by atoms with van der Waals surface area (Å²) < 4.78 is 29.8. The summed E-state index contributed by atoms with van der Waals surface area (Å²) in [5.41, 5.74) is 0.575. The van der Waals surface area contributed by atoms with Crippen LogP contribution in [0.5, 0.6) is 11.5 Å². The number of methoxy groups -OCH3 is 1. The summed E-state index contributed by atoms with van der Waals surface area (Å²) in [5.74, 6) is -2.06. The number of ether oxygens (including phenoxy) is 3. The molecule has 0 N–H and O–H groups in total. The summed E-state index contributed by atoms with van der Waals surface area (Å²) in [6.07, 6.45) is 1.39. The van der Waals surface area contributed by atoms with E-state index in [1.807, 2.05) is 0 Å². The second kappa shape index (κ2) is 9.44. The van der Waals surface area contributed by atoms with E-state index in [0.717, 1.165) is 0 Å². The molecule has 0 spiro atoms. The second-order valence-electron chi connectivity index (χ2n) is 6.72. The standard InChI is InChI=1S/C24H14Cl2FNO5/c1-31-20-12-13(10-17(26)21(20)32-23(29)14-6-2-4-8-16(14)25)11-19-24(30)33-22(28-19)15-7-3-5-9-18(15)27/h2-12H,1H3/b19-11-. The Balaban J connectivity index is 1.65. The molecule has 0 saturated heterocycles. The lowest BCUT2D eigenvalue weighted by Gasteiger charge is -2.12. The molecule has 0 unspecified atom stereocenters. The molecule has 9 heteroatoms. The van der Waals surface area contributed by atoms with Gasteiger partial charge in [0.2, 0.25) is 5.90 Å². The molecule has 3 aromatic carbocycles. The Kier molecular flexibility index (Phi) is 6.44. The van der Waals surface area contributed by atoms with Gasteiger partial charge in [-0.15, -0.1) is 0 Å². The molecule has 4 rings (SSSR count). The second-order valence-corrected chi connectivity index (χ2v) is 7.53. The van der Waals surface area contributed by atoms with Gasteiger partial charge in [0.05, 0.1) is 28.3 Å². The Morgan fingerprint density at radius 2 is 1.79 bits per heavy atom. The maximum absolute atomic E-state index is 14.0. The van der Waals surface area contributed by atoms with Crippen molar-refractivity contribution in [1.82, 2.24) is 0 Å². The van der Waals surface area contributed by atoms with Crippen molar-refractivity contribution in [2.45, 2.75) is 0 Å². The third-order valence-corrected chi connectivity index (χ3v) is 5.18. The van der Waals surface area contributed by atoms with Crippen molar-refractivity contribution >= 4 is 47.1 Å². The number of carbonyl (C=O) groups excluding carboxylic acids is 2. The van der Waals surface area contributed by atoms with E-state index in [1.54, 1.807) is 24.3 Å². The number of carbonyl (C=O) groups is 2. The summed E-state index contributed by atoms with van der Waals surface area (Å²) in [7, 11) is 1.37. The van der Waals surface area contributed by atoms with Crippen LogP contribution < -0.4 is 9.47 Å². The fraction of sp³-hybridized carbons (Fsp3) is 0.0417. The van der Waals surface area contributed by atoms with Gasteiger partial charge in [0, 0.05) is 0 Å². The van der Waals surface area contributed by atoms with Crippen molar-refractivity contribution in [2.24, 2.45) is 4.99 Å². The topological polar surface area (TPSA) is 74.2 Å². The zero-order chi connectivity index (χ0) is 23.5. The molecule has 0 radical (unpaired) electrons. The molecule has 3 aromatic rings. The number of benzene rings is 3. The number of aliphatic imine (C=N–C) groups is 1. The molecule has 33 heavy (non-hydrogen) atoms. The van der Waals surface area contributed by atoms with Gasteiger partial charge in [-0.1, -0.05) is 47.5 Å². The number of rotatable bonds is 5. The van der Waals surface area contributed by atoms with Gasteiger partial charge in [0.15, 0.2) is 17.2 Å². The van der Waals surface area contributed by atoms with E-state index in [2.05, 4.69) is 4.99 Å². The first-order chi connectivity index (χ1) is 15.9. The summed E-state index contributed by atoms with van der Waals surface area (Å²) in [4.78, 5) is 28.8. The molecule has 0 saturated carbocycles. The Bertz CT molecular complexity index is 1340. The zero-order valence-corrected chi connectivity index (χ0v) is 18.5. The Morgan fingerprint density at radius 3 is 2.52 bits per heavy atom. The third-order valence-electron chi connectivity index (χ3n) is 4.57. The molecule has 0 aromatic heterocycles. The van der Waals surface area contributed by atoms with Crippen molar-refractivity contribution in [2.75, 3.05) is 7.11 Å². The smallest absolute Gasteiger partial charge is 0.363 e. The van der Waals surface area contributed by atoms with Gasteiger partial charge in [-0.05, 0) is 48.0 Å². The first kappa shape index (κ1) is 22.5. The van der Waals surface area contributed by atoms with Crippen LogP contribution in [0.25, 0.3) is 6.08 Å². The van der Waals surface area contributed by atoms with Gasteiger partial charge in [0.1, 0.15) is 5.82 Å². The normalized spacial score (nSPS) is 14.1. The fourth-order valence-electron chi connectivity index (χ4n) is 3.01. The minimum absolute atomic E-state index is 0.0178. The minimum Gasteiger partial charge on any atom is -0.493 e. The van der Waals surface area contributed by atoms with Crippen molar-refractivity contribution in [3.05, 3.63) is 98.9 Å². The van der Waals surface area contributed by atoms with Crippen LogP contribution in [0.1, 0.15) is 21.5 Å². The summed E-state index contributed by atoms with van der Waals surface area (Å²) >= 11 is 12.4. The molecule has 0 bridgehead atoms. The molecule has 0 amide bonds. The molecule has 0 fully saturated rings. The summed E-state index contributed by atoms with van der Waals surface area (Å²) in [6.45, 7) is 0. The molecule has 0 aliphatic carbocycles. The van der Waals surface area contributed by atoms with E-state index in [1.165, 1.54) is 49.6 Å². The van der Waals surface area contributed by atoms with Crippen molar-refractivity contribution in [3.63, 3.8) is 0 Å². The Hall–Kier alpha value is -3.68. The predicted molar refractivity (Wildman–Crippen MR) is 121 cm³/mol. The average molecular weight is 486 g/mol. The molecule has 6 nitrogen and oxygen atoms in total. The largest absolute Gasteiger partial charge is 0.493 e. The van der Waals surface area contributed by atoms with Crippen molar-refractivity contribution < 1.29 is 28.2 Å². The SMILES string of the molecule is COc1cc(/C=C2\N=C(c3ccccc3F)OC2=O)cc(Cl)c1OC(=O)c1ccccc1Cl. The van der Waals surface area contributed by atoms with Crippen LogP contribution in [0.2, 0.25) is 10.0 Å². The third kappa shape index (κ3) is 4.74.